The molecule has 0 unspecified atom stereocenters. The van der Waals surface area contributed by atoms with Crippen molar-refractivity contribution in [3.05, 3.63) is 35.5 Å². The van der Waals surface area contributed by atoms with Crippen LogP contribution in [0.15, 0.2) is 24.3 Å². The highest BCUT2D eigenvalue weighted by atomic mass is 16.6. The van der Waals surface area contributed by atoms with E-state index in [1.54, 1.807) is 0 Å². The molecule has 0 saturated heterocycles. The standard InChI is InChI=1S/C20H26N2O4/c1-20(2,3)26-19(24)21-13-9-10-17-15(11-13)14-7-5-6-8-16(14)22(17)12-18(23)25-4/h5-8,13H,9-12H2,1-4H3,(H,21,24)/t13-/m1/s1. The van der Waals surface area contributed by atoms with E-state index in [1.807, 2.05) is 43.5 Å². The van der Waals surface area contributed by atoms with Gasteiger partial charge in [-0.15, -0.1) is 0 Å². The number of rotatable bonds is 3. The first-order valence-corrected chi connectivity index (χ1v) is 8.94. The Bertz CT molecular complexity index is 832. The van der Waals surface area contributed by atoms with Gasteiger partial charge in [-0.2, -0.15) is 0 Å². The van der Waals surface area contributed by atoms with Crippen LogP contribution in [-0.2, 0) is 33.7 Å². The van der Waals surface area contributed by atoms with Crippen molar-refractivity contribution in [3.63, 3.8) is 0 Å². The normalized spacial score (nSPS) is 16.8. The third kappa shape index (κ3) is 3.84. The lowest BCUT2D eigenvalue weighted by Gasteiger charge is -2.27. The number of alkyl carbamates (subject to hydrolysis) is 1. The van der Waals surface area contributed by atoms with Gasteiger partial charge >= 0.3 is 12.1 Å². The molecule has 0 radical (unpaired) electrons. The molecule has 140 valence electrons. The van der Waals surface area contributed by atoms with E-state index in [0.717, 1.165) is 35.9 Å². The fourth-order valence-corrected chi connectivity index (χ4v) is 3.57. The maximum absolute atomic E-state index is 12.1. The van der Waals surface area contributed by atoms with Crippen molar-refractivity contribution in [2.24, 2.45) is 0 Å². The number of fused-ring (bicyclic) bond motifs is 3. The minimum absolute atomic E-state index is 0.0229. The number of amides is 1. The van der Waals surface area contributed by atoms with E-state index in [9.17, 15) is 9.59 Å². The van der Waals surface area contributed by atoms with Gasteiger partial charge in [0.2, 0.25) is 0 Å². The van der Waals surface area contributed by atoms with E-state index >= 15 is 0 Å². The van der Waals surface area contributed by atoms with Crippen LogP contribution in [0.25, 0.3) is 10.9 Å². The Morgan fingerprint density at radius 3 is 2.69 bits per heavy atom. The molecule has 6 heteroatoms. The third-order valence-electron chi connectivity index (χ3n) is 4.61. The number of para-hydroxylation sites is 1. The van der Waals surface area contributed by atoms with Gasteiger partial charge in [0.1, 0.15) is 12.1 Å². The summed E-state index contributed by atoms with van der Waals surface area (Å²) in [7, 11) is 1.40. The summed E-state index contributed by atoms with van der Waals surface area (Å²) in [5.74, 6) is -0.262. The predicted molar refractivity (Wildman–Crippen MR) is 99.1 cm³/mol. The van der Waals surface area contributed by atoms with Crippen LogP contribution in [0.1, 0.15) is 38.4 Å². The number of ether oxygens (including phenoxy) is 2. The van der Waals surface area contributed by atoms with Crippen LogP contribution in [0.4, 0.5) is 4.79 Å². The highest BCUT2D eigenvalue weighted by molar-refractivity contribution is 5.87. The Kier molecular flexibility index (Phi) is 4.94. The zero-order chi connectivity index (χ0) is 18.9. The van der Waals surface area contributed by atoms with Crippen LogP contribution in [0.5, 0.6) is 0 Å². The van der Waals surface area contributed by atoms with Crippen LogP contribution in [0.3, 0.4) is 0 Å². The minimum Gasteiger partial charge on any atom is -0.468 e. The smallest absolute Gasteiger partial charge is 0.407 e. The Balaban J connectivity index is 1.86. The molecular formula is C20H26N2O4. The molecule has 1 aromatic carbocycles. The van der Waals surface area contributed by atoms with E-state index in [4.69, 9.17) is 9.47 Å². The fourth-order valence-electron chi connectivity index (χ4n) is 3.57. The molecule has 2 aromatic rings. The van der Waals surface area contributed by atoms with Gasteiger partial charge in [-0.05, 0) is 51.7 Å². The SMILES string of the molecule is COC(=O)Cn1c2c(c3ccccc31)C[C@H](NC(=O)OC(C)(C)C)CC2. The van der Waals surface area contributed by atoms with E-state index < -0.39 is 5.60 Å². The average Bonchev–Trinajstić information content (AvgIpc) is 2.87. The Hall–Kier alpha value is -2.50. The van der Waals surface area contributed by atoms with Crippen molar-refractivity contribution in [1.82, 2.24) is 9.88 Å². The fraction of sp³-hybridized carbons (Fsp3) is 0.500. The van der Waals surface area contributed by atoms with Crippen molar-refractivity contribution < 1.29 is 19.1 Å². The number of aromatic nitrogens is 1. The highest BCUT2D eigenvalue weighted by Crippen LogP contribution is 2.32. The zero-order valence-electron chi connectivity index (χ0n) is 15.8. The molecule has 0 aliphatic heterocycles. The summed E-state index contributed by atoms with van der Waals surface area (Å²) in [6.45, 7) is 5.76. The lowest BCUT2D eigenvalue weighted by Crippen LogP contribution is -2.42. The summed E-state index contributed by atoms with van der Waals surface area (Å²) in [5, 5.41) is 4.11. The Morgan fingerprint density at radius 1 is 1.27 bits per heavy atom. The molecule has 0 saturated carbocycles. The lowest BCUT2D eigenvalue weighted by molar-refractivity contribution is -0.141. The number of benzene rings is 1. The zero-order valence-corrected chi connectivity index (χ0v) is 15.8. The van der Waals surface area contributed by atoms with Crippen LogP contribution in [0.2, 0.25) is 0 Å². The monoisotopic (exact) mass is 358 g/mol. The third-order valence-corrected chi connectivity index (χ3v) is 4.61. The first-order valence-electron chi connectivity index (χ1n) is 8.94. The van der Waals surface area contributed by atoms with Gasteiger partial charge in [0, 0.05) is 22.6 Å². The topological polar surface area (TPSA) is 69.6 Å². The van der Waals surface area contributed by atoms with Crippen molar-refractivity contribution >= 4 is 23.0 Å². The number of hydrogen-bond donors (Lipinski definition) is 1. The molecular weight excluding hydrogens is 332 g/mol. The molecule has 1 N–H and O–H groups in total. The van der Waals surface area contributed by atoms with Gasteiger partial charge < -0.3 is 19.4 Å². The van der Waals surface area contributed by atoms with Crippen molar-refractivity contribution in [2.75, 3.05) is 7.11 Å². The number of carbonyl (C=O) groups excluding carboxylic acids is 2. The number of nitrogens with zero attached hydrogens (tertiary/aromatic N) is 1. The largest absolute Gasteiger partial charge is 0.468 e. The first kappa shape index (κ1) is 18.3. The van der Waals surface area contributed by atoms with Crippen molar-refractivity contribution in [1.29, 1.82) is 0 Å². The molecule has 0 bridgehead atoms. The molecule has 1 amide bonds. The van der Waals surface area contributed by atoms with Crippen molar-refractivity contribution in [3.8, 4) is 0 Å². The number of nitrogens with one attached hydrogen (secondary N) is 1. The minimum atomic E-state index is -0.513. The summed E-state index contributed by atoms with van der Waals surface area (Å²) < 4.78 is 12.3. The molecule has 1 heterocycles. The quantitative estimate of drug-likeness (QED) is 0.856. The van der Waals surface area contributed by atoms with Crippen molar-refractivity contribution in [2.45, 2.75) is 58.2 Å². The number of methoxy groups -OCH3 is 1. The summed E-state index contributed by atoms with van der Waals surface area (Å²) in [6, 6.07) is 8.08. The maximum Gasteiger partial charge on any atom is 0.407 e. The Labute approximate surface area is 153 Å². The second kappa shape index (κ2) is 7.02. The molecule has 1 aliphatic rings. The van der Waals surface area contributed by atoms with Gasteiger partial charge in [0.15, 0.2) is 0 Å². The second-order valence-electron chi connectivity index (χ2n) is 7.69. The number of carbonyl (C=O) groups is 2. The molecule has 1 aliphatic carbocycles. The highest BCUT2D eigenvalue weighted by Gasteiger charge is 2.28. The molecule has 3 rings (SSSR count). The lowest BCUT2D eigenvalue weighted by atomic mass is 9.91. The van der Waals surface area contributed by atoms with E-state index in [-0.39, 0.29) is 24.6 Å². The molecule has 1 aromatic heterocycles. The number of esters is 1. The van der Waals surface area contributed by atoms with Gasteiger partial charge in [0.05, 0.1) is 7.11 Å². The molecule has 6 nitrogen and oxygen atoms in total. The second-order valence-corrected chi connectivity index (χ2v) is 7.69. The van der Waals surface area contributed by atoms with Gasteiger partial charge in [0.25, 0.3) is 0 Å². The summed E-state index contributed by atoms with van der Waals surface area (Å²) in [6.07, 6.45) is 1.94. The van der Waals surface area contributed by atoms with Crippen LogP contribution in [0, 0.1) is 0 Å². The summed E-state index contributed by atoms with van der Waals surface area (Å²) in [5.41, 5.74) is 2.86. The van der Waals surface area contributed by atoms with E-state index in [0.29, 0.717) is 0 Å². The summed E-state index contributed by atoms with van der Waals surface area (Å²) in [4.78, 5) is 23.9. The molecule has 26 heavy (non-hydrogen) atoms. The van der Waals surface area contributed by atoms with Crippen LogP contribution in [-0.4, -0.2) is 35.4 Å². The maximum atomic E-state index is 12.1. The molecule has 1 atom stereocenters. The molecule has 0 spiro atoms. The van der Waals surface area contributed by atoms with E-state index in [2.05, 4.69) is 11.4 Å². The van der Waals surface area contributed by atoms with Gasteiger partial charge in [-0.1, -0.05) is 18.2 Å². The molecule has 0 fully saturated rings. The van der Waals surface area contributed by atoms with Crippen LogP contribution < -0.4 is 5.32 Å². The Morgan fingerprint density at radius 2 is 2.00 bits per heavy atom. The summed E-state index contributed by atoms with van der Waals surface area (Å²) >= 11 is 0. The van der Waals surface area contributed by atoms with E-state index in [1.165, 1.54) is 12.7 Å². The predicted octanol–water partition coefficient (Wildman–Crippen LogP) is 3.20. The van der Waals surface area contributed by atoms with Gasteiger partial charge in [-0.25, -0.2) is 4.79 Å². The van der Waals surface area contributed by atoms with Crippen LogP contribution >= 0.6 is 0 Å². The average molecular weight is 358 g/mol. The van der Waals surface area contributed by atoms with Gasteiger partial charge in [-0.3, -0.25) is 4.79 Å². The first-order chi connectivity index (χ1) is 12.3. The number of hydrogen-bond acceptors (Lipinski definition) is 4.